The summed E-state index contributed by atoms with van der Waals surface area (Å²) in [5.41, 5.74) is -0.486. The predicted octanol–water partition coefficient (Wildman–Crippen LogP) is 2.10. The van der Waals surface area contributed by atoms with Crippen molar-refractivity contribution in [3.05, 3.63) is 38.3 Å². The van der Waals surface area contributed by atoms with Gasteiger partial charge in [0.25, 0.3) is 5.56 Å². The van der Waals surface area contributed by atoms with Crippen LogP contribution in [-0.2, 0) is 6.54 Å². The summed E-state index contributed by atoms with van der Waals surface area (Å²) in [6, 6.07) is 0. The first-order valence-electron chi connectivity index (χ1n) is 5.22. The van der Waals surface area contributed by atoms with E-state index in [1.165, 1.54) is 6.20 Å². The van der Waals surface area contributed by atoms with Crippen molar-refractivity contribution in [3.8, 4) is 0 Å². The molecule has 0 aliphatic heterocycles. The van der Waals surface area contributed by atoms with Crippen molar-refractivity contribution in [1.82, 2.24) is 19.9 Å². The third-order valence-corrected chi connectivity index (χ3v) is 2.96. The molecular formula is C10H10Cl2N4O2. The zero-order valence-electron chi connectivity index (χ0n) is 9.72. The molecule has 0 atom stereocenters. The average molecular weight is 289 g/mol. The molecule has 96 valence electrons. The van der Waals surface area contributed by atoms with Gasteiger partial charge in [-0.15, -0.1) is 0 Å². The first-order valence-corrected chi connectivity index (χ1v) is 5.98. The van der Waals surface area contributed by atoms with Crippen molar-refractivity contribution in [3.63, 3.8) is 0 Å². The maximum absolute atomic E-state index is 11.7. The van der Waals surface area contributed by atoms with Crippen LogP contribution in [0.5, 0.6) is 0 Å². The lowest BCUT2D eigenvalue weighted by molar-refractivity contribution is 0.359. The van der Waals surface area contributed by atoms with Crippen LogP contribution >= 0.6 is 23.2 Å². The average Bonchev–Trinajstić information content (AvgIpc) is 2.79. The number of halogens is 2. The second-order valence-electron chi connectivity index (χ2n) is 3.97. The molecule has 8 heteroatoms. The van der Waals surface area contributed by atoms with Crippen LogP contribution in [0.1, 0.15) is 31.5 Å². The third kappa shape index (κ3) is 2.54. The van der Waals surface area contributed by atoms with E-state index in [9.17, 15) is 4.79 Å². The summed E-state index contributed by atoms with van der Waals surface area (Å²) in [7, 11) is 0. The molecule has 2 heterocycles. The van der Waals surface area contributed by atoms with Gasteiger partial charge in [0.1, 0.15) is 11.6 Å². The lowest BCUT2D eigenvalue weighted by atomic mass is 10.2. The number of rotatable bonds is 3. The lowest BCUT2D eigenvalue weighted by Crippen LogP contribution is -2.24. The van der Waals surface area contributed by atoms with Crippen LogP contribution in [0.25, 0.3) is 0 Å². The van der Waals surface area contributed by atoms with Gasteiger partial charge >= 0.3 is 0 Å². The fourth-order valence-corrected chi connectivity index (χ4v) is 1.53. The maximum Gasteiger partial charge on any atom is 0.287 e. The zero-order valence-corrected chi connectivity index (χ0v) is 11.2. The Morgan fingerprint density at radius 2 is 2.17 bits per heavy atom. The molecule has 2 aromatic rings. The van der Waals surface area contributed by atoms with Crippen LogP contribution in [0.3, 0.4) is 0 Å². The second kappa shape index (κ2) is 5.07. The minimum Gasteiger partial charge on any atom is -0.339 e. The number of aromatic nitrogens is 4. The van der Waals surface area contributed by atoms with Crippen LogP contribution < -0.4 is 5.56 Å². The molecule has 0 radical (unpaired) electrons. The summed E-state index contributed by atoms with van der Waals surface area (Å²) < 4.78 is 6.16. The van der Waals surface area contributed by atoms with Gasteiger partial charge in [-0.05, 0) is 0 Å². The van der Waals surface area contributed by atoms with E-state index in [4.69, 9.17) is 27.7 Å². The predicted molar refractivity (Wildman–Crippen MR) is 66.0 cm³/mol. The van der Waals surface area contributed by atoms with Crippen LogP contribution in [0, 0.1) is 0 Å². The van der Waals surface area contributed by atoms with Gasteiger partial charge in [-0.1, -0.05) is 42.2 Å². The molecule has 0 saturated heterocycles. The van der Waals surface area contributed by atoms with E-state index < -0.39 is 5.56 Å². The molecule has 0 aromatic carbocycles. The summed E-state index contributed by atoms with van der Waals surface area (Å²) in [4.78, 5) is 15.9. The summed E-state index contributed by atoms with van der Waals surface area (Å²) in [5, 5.41) is 7.67. The highest BCUT2D eigenvalue weighted by atomic mass is 35.5. The van der Waals surface area contributed by atoms with Crippen LogP contribution in [0.2, 0.25) is 10.0 Å². The van der Waals surface area contributed by atoms with Crippen LogP contribution in [-0.4, -0.2) is 19.9 Å². The molecule has 0 bridgehead atoms. The molecule has 0 fully saturated rings. The van der Waals surface area contributed by atoms with E-state index in [2.05, 4.69) is 15.2 Å². The minimum absolute atomic E-state index is 0.0701. The molecule has 0 N–H and O–H groups in total. The van der Waals surface area contributed by atoms with E-state index in [0.717, 1.165) is 4.68 Å². The fourth-order valence-electron chi connectivity index (χ4n) is 1.26. The molecule has 0 aliphatic rings. The summed E-state index contributed by atoms with van der Waals surface area (Å²) >= 11 is 11.4. The smallest absolute Gasteiger partial charge is 0.287 e. The molecule has 6 nitrogen and oxygen atoms in total. The topological polar surface area (TPSA) is 73.8 Å². The Kier molecular flexibility index (Phi) is 3.68. The molecule has 0 amide bonds. The van der Waals surface area contributed by atoms with Gasteiger partial charge in [-0.3, -0.25) is 4.79 Å². The first kappa shape index (κ1) is 13.0. The minimum atomic E-state index is -0.486. The molecule has 0 unspecified atom stereocenters. The SMILES string of the molecule is CC(C)c1nc(Cn2ncc(Cl)c(Cl)c2=O)no1. The summed E-state index contributed by atoms with van der Waals surface area (Å²) in [5.74, 6) is 1.01. The molecule has 2 rings (SSSR count). The van der Waals surface area contributed by atoms with Crippen molar-refractivity contribution in [1.29, 1.82) is 0 Å². The van der Waals surface area contributed by atoms with Crippen molar-refractivity contribution in [2.24, 2.45) is 0 Å². The van der Waals surface area contributed by atoms with Gasteiger partial charge in [-0.25, -0.2) is 4.68 Å². The normalized spacial score (nSPS) is 11.2. The van der Waals surface area contributed by atoms with E-state index in [-0.39, 0.29) is 22.5 Å². The monoisotopic (exact) mass is 288 g/mol. The van der Waals surface area contributed by atoms with Gasteiger partial charge in [0, 0.05) is 5.92 Å². The van der Waals surface area contributed by atoms with Gasteiger partial charge in [0.2, 0.25) is 5.89 Å². The lowest BCUT2D eigenvalue weighted by Gasteiger charge is -2.01. The quantitative estimate of drug-likeness (QED) is 0.865. The van der Waals surface area contributed by atoms with Gasteiger partial charge in [-0.2, -0.15) is 10.1 Å². The Balaban J connectivity index is 2.29. The van der Waals surface area contributed by atoms with Crippen LogP contribution in [0.4, 0.5) is 0 Å². The largest absolute Gasteiger partial charge is 0.339 e. The second-order valence-corrected chi connectivity index (χ2v) is 4.76. The highest BCUT2D eigenvalue weighted by Crippen LogP contribution is 2.15. The van der Waals surface area contributed by atoms with E-state index in [1.54, 1.807) is 0 Å². The Morgan fingerprint density at radius 3 is 2.78 bits per heavy atom. The van der Waals surface area contributed by atoms with E-state index in [0.29, 0.717) is 11.7 Å². The van der Waals surface area contributed by atoms with Crippen LogP contribution in [0.15, 0.2) is 15.5 Å². The number of hydrogen-bond acceptors (Lipinski definition) is 5. The molecule has 18 heavy (non-hydrogen) atoms. The van der Waals surface area contributed by atoms with Gasteiger partial charge in [0.05, 0.1) is 11.2 Å². The molecule has 0 spiro atoms. The number of hydrogen-bond donors (Lipinski definition) is 0. The highest BCUT2D eigenvalue weighted by Gasteiger charge is 2.13. The van der Waals surface area contributed by atoms with Gasteiger partial charge < -0.3 is 4.52 Å². The number of nitrogens with zero attached hydrogens (tertiary/aromatic N) is 4. The maximum atomic E-state index is 11.7. The fraction of sp³-hybridized carbons (Fsp3) is 0.400. The first-order chi connectivity index (χ1) is 8.49. The Morgan fingerprint density at radius 1 is 1.44 bits per heavy atom. The molecular weight excluding hydrogens is 279 g/mol. The Bertz CT molecular complexity index is 621. The van der Waals surface area contributed by atoms with E-state index in [1.807, 2.05) is 13.8 Å². The van der Waals surface area contributed by atoms with E-state index >= 15 is 0 Å². The van der Waals surface area contributed by atoms with Crippen molar-refractivity contribution in [2.45, 2.75) is 26.3 Å². The summed E-state index contributed by atoms with van der Waals surface area (Å²) in [6.07, 6.45) is 1.30. The van der Waals surface area contributed by atoms with Crippen molar-refractivity contribution < 1.29 is 4.52 Å². The van der Waals surface area contributed by atoms with Gasteiger partial charge in [0.15, 0.2) is 5.82 Å². The Hall–Kier alpha value is -1.40. The molecule has 0 aliphatic carbocycles. The highest BCUT2D eigenvalue weighted by molar-refractivity contribution is 6.41. The molecule has 2 aromatic heterocycles. The van der Waals surface area contributed by atoms with Crippen molar-refractivity contribution in [2.75, 3.05) is 0 Å². The third-order valence-electron chi connectivity index (χ3n) is 2.21. The Labute approximate surface area is 113 Å². The standard InChI is InChI=1S/C10H10Cl2N4O2/c1-5(2)9-14-7(15-18-9)4-16-10(17)8(12)6(11)3-13-16/h3,5H,4H2,1-2H3. The molecule has 0 saturated carbocycles. The zero-order chi connectivity index (χ0) is 13.3. The van der Waals surface area contributed by atoms with Crippen molar-refractivity contribution >= 4 is 23.2 Å². The summed E-state index contributed by atoms with van der Waals surface area (Å²) in [6.45, 7) is 3.95.